The number of hydrogen-bond donors (Lipinski definition) is 0. The molecular formula is C66H37BN2. The fourth-order valence-corrected chi connectivity index (χ4v) is 13.5. The summed E-state index contributed by atoms with van der Waals surface area (Å²) in [5, 5.41) is 20.9. The standard InChI is InChI=1S/C66H37BN2/c1-3-16-38(17-4-1)40-30-32-56-52(34-40)63-61-49-27-14-12-23-45(49)43-21-8-10-25-47(43)51(61)37-55-66(63)68(56)58-28-15-29-59-64(58)67(55)54-36-41(39-18-5-2-6-19-39)35-53-62-57(69(59)65(53)54)33-31-50-46-24-9-7-20-42(46)44-22-11-13-26-48(44)60(50)62/h1-37H. The first-order valence-corrected chi connectivity index (χ1v) is 24.2. The van der Waals surface area contributed by atoms with E-state index in [2.05, 4.69) is 234 Å². The molecule has 0 atom stereocenters. The van der Waals surface area contributed by atoms with E-state index in [1.54, 1.807) is 0 Å². The number of benzene rings is 13. The summed E-state index contributed by atoms with van der Waals surface area (Å²) in [4.78, 5) is 0. The summed E-state index contributed by atoms with van der Waals surface area (Å²) in [6.07, 6.45) is 0. The fourth-order valence-electron chi connectivity index (χ4n) is 13.5. The van der Waals surface area contributed by atoms with Crippen LogP contribution < -0.4 is 16.4 Å². The van der Waals surface area contributed by atoms with Gasteiger partial charge in [0.15, 0.2) is 0 Å². The normalized spacial score (nSPS) is 12.9. The number of fused-ring (bicyclic) bond motifs is 24. The van der Waals surface area contributed by atoms with Crippen LogP contribution in [0.1, 0.15) is 0 Å². The van der Waals surface area contributed by atoms with Crippen molar-refractivity contribution in [1.29, 1.82) is 0 Å². The van der Waals surface area contributed by atoms with Gasteiger partial charge in [-0.3, -0.25) is 0 Å². The molecule has 0 spiro atoms. The average Bonchev–Trinajstić information content (AvgIpc) is 3.95. The van der Waals surface area contributed by atoms with E-state index >= 15 is 0 Å². The lowest BCUT2D eigenvalue weighted by molar-refractivity contribution is 1.14. The van der Waals surface area contributed by atoms with Gasteiger partial charge in [0.1, 0.15) is 0 Å². The van der Waals surface area contributed by atoms with Crippen molar-refractivity contribution < 1.29 is 0 Å². The Hall–Kier alpha value is -8.92. The number of hydrogen-bond acceptors (Lipinski definition) is 0. The molecule has 69 heavy (non-hydrogen) atoms. The molecule has 2 nitrogen and oxygen atoms in total. The Balaban J connectivity index is 1.11. The second-order valence-electron chi connectivity index (χ2n) is 19.4. The van der Waals surface area contributed by atoms with Gasteiger partial charge >= 0.3 is 0 Å². The molecule has 17 rings (SSSR count). The van der Waals surface area contributed by atoms with E-state index in [1.807, 2.05) is 0 Å². The molecule has 0 bridgehead atoms. The number of aromatic nitrogens is 2. The van der Waals surface area contributed by atoms with E-state index in [-0.39, 0.29) is 6.71 Å². The maximum atomic E-state index is 2.64. The second kappa shape index (κ2) is 12.9. The van der Waals surface area contributed by atoms with Crippen LogP contribution >= 0.6 is 0 Å². The Morgan fingerprint density at radius 3 is 1.33 bits per heavy atom. The molecule has 314 valence electrons. The van der Waals surface area contributed by atoms with Gasteiger partial charge in [-0.1, -0.05) is 188 Å². The van der Waals surface area contributed by atoms with Crippen LogP contribution in [0.2, 0.25) is 0 Å². The van der Waals surface area contributed by atoms with Gasteiger partial charge in [0.2, 0.25) is 0 Å². The van der Waals surface area contributed by atoms with Gasteiger partial charge in [-0.25, -0.2) is 0 Å². The van der Waals surface area contributed by atoms with Gasteiger partial charge in [-0.2, -0.15) is 0 Å². The van der Waals surface area contributed by atoms with E-state index < -0.39 is 0 Å². The minimum absolute atomic E-state index is 0.0365. The zero-order valence-electron chi connectivity index (χ0n) is 37.3. The van der Waals surface area contributed by atoms with Crippen LogP contribution in [0.25, 0.3) is 142 Å². The summed E-state index contributed by atoms with van der Waals surface area (Å²) in [5.74, 6) is 0. The minimum Gasteiger partial charge on any atom is -0.310 e. The lowest BCUT2D eigenvalue weighted by Gasteiger charge is -2.34. The monoisotopic (exact) mass is 868 g/mol. The van der Waals surface area contributed by atoms with E-state index in [0.29, 0.717) is 0 Å². The third-order valence-corrected chi connectivity index (χ3v) is 16.2. The maximum absolute atomic E-state index is 2.64. The van der Waals surface area contributed by atoms with Gasteiger partial charge in [-0.05, 0) is 129 Å². The van der Waals surface area contributed by atoms with Crippen molar-refractivity contribution in [3.63, 3.8) is 0 Å². The molecule has 0 saturated heterocycles. The van der Waals surface area contributed by atoms with E-state index in [9.17, 15) is 0 Å². The third-order valence-electron chi connectivity index (χ3n) is 16.2. The van der Waals surface area contributed by atoms with Gasteiger partial charge < -0.3 is 9.13 Å². The first kappa shape index (κ1) is 36.2. The molecule has 2 aliphatic rings. The Bertz CT molecular complexity index is 4790. The first-order chi connectivity index (χ1) is 34.3. The molecular weight excluding hydrogens is 832 g/mol. The molecule has 2 aliphatic heterocycles. The summed E-state index contributed by atoms with van der Waals surface area (Å²) in [7, 11) is 0. The largest absolute Gasteiger partial charge is 0.310 e. The van der Waals surface area contributed by atoms with Gasteiger partial charge in [-0.15, -0.1) is 0 Å². The Morgan fingerprint density at radius 1 is 0.246 bits per heavy atom. The zero-order chi connectivity index (χ0) is 44.6. The quantitative estimate of drug-likeness (QED) is 0.121. The second-order valence-corrected chi connectivity index (χ2v) is 19.4. The van der Waals surface area contributed by atoms with Crippen LogP contribution in [0.5, 0.6) is 0 Å². The molecule has 15 aromatic rings. The highest BCUT2D eigenvalue weighted by molar-refractivity contribution is 7.00. The Morgan fingerprint density at radius 2 is 0.710 bits per heavy atom. The van der Waals surface area contributed by atoms with Crippen molar-refractivity contribution in [2.75, 3.05) is 0 Å². The highest BCUT2D eigenvalue weighted by Crippen LogP contribution is 2.48. The molecule has 0 unspecified atom stereocenters. The van der Waals surface area contributed by atoms with Crippen LogP contribution in [0.15, 0.2) is 224 Å². The Labute approximate surface area is 396 Å². The molecule has 4 heterocycles. The molecule has 0 saturated carbocycles. The summed E-state index contributed by atoms with van der Waals surface area (Å²) < 4.78 is 5.27. The molecule has 2 aromatic heterocycles. The maximum Gasteiger partial charge on any atom is 0.252 e. The molecule has 3 heteroatoms. The predicted octanol–water partition coefficient (Wildman–Crippen LogP) is 15.3. The van der Waals surface area contributed by atoms with Crippen LogP contribution in [-0.2, 0) is 0 Å². The van der Waals surface area contributed by atoms with Crippen molar-refractivity contribution >= 4 is 131 Å². The molecule has 0 radical (unpaired) electrons. The fraction of sp³-hybridized carbons (Fsp3) is 0. The van der Waals surface area contributed by atoms with Gasteiger partial charge in [0.25, 0.3) is 6.71 Å². The van der Waals surface area contributed by atoms with E-state index in [4.69, 9.17) is 0 Å². The number of rotatable bonds is 2. The zero-order valence-corrected chi connectivity index (χ0v) is 37.3. The van der Waals surface area contributed by atoms with Crippen LogP contribution in [-0.4, -0.2) is 15.8 Å². The summed E-state index contributed by atoms with van der Waals surface area (Å²) in [6, 6.07) is 85.0. The lowest BCUT2D eigenvalue weighted by Crippen LogP contribution is -2.59. The van der Waals surface area contributed by atoms with Crippen LogP contribution in [0.3, 0.4) is 0 Å². The topological polar surface area (TPSA) is 9.86 Å². The van der Waals surface area contributed by atoms with Crippen molar-refractivity contribution in [2.45, 2.75) is 0 Å². The highest BCUT2D eigenvalue weighted by atomic mass is 15.0. The van der Waals surface area contributed by atoms with Crippen LogP contribution in [0, 0.1) is 0 Å². The van der Waals surface area contributed by atoms with E-state index in [1.165, 1.54) is 158 Å². The van der Waals surface area contributed by atoms with Gasteiger partial charge in [0, 0.05) is 49.2 Å². The molecule has 0 aliphatic carbocycles. The van der Waals surface area contributed by atoms with E-state index in [0.717, 1.165) is 0 Å². The van der Waals surface area contributed by atoms with Crippen LogP contribution in [0.4, 0.5) is 0 Å². The summed E-state index contributed by atoms with van der Waals surface area (Å²) >= 11 is 0. The third kappa shape index (κ3) is 4.49. The lowest BCUT2D eigenvalue weighted by atomic mass is 9.34. The number of nitrogens with zero attached hydrogens (tertiary/aromatic N) is 2. The van der Waals surface area contributed by atoms with Gasteiger partial charge in [0.05, 0.1) is 16.6 Å². The SMILES string of the molecule is c1ccc(-c2ccc3c(c2)c2c4c5ccccc5c5ccccc5c4cc4c2n3-c2cccc3c2B4c2cc(-c4ccccc4)cc4c5c6c7ccccc7c7ccccc7c6ccc5n-3c24)cc1. The molecule has 13 aromatic carbocycles. The van der Waals surface area contributed by atoms with Crippen molar-refractivity contribution in [3.8, 4) is 33.6 Å². The molecule has 0 N–H and O–H groups in total. The van der Waals surface area contributed by atoms with Crippen molar-refractivity contribution in [2.24, 2.45) is 0 Å². The summed E-state index contributed by atoms with van der Waals surface area (Å²) in [6.45, 7) is -0.0365. The summed E-state index contributed by atoms with van der Waals surface area (Å²) in [5.41, 5.74) is 16.6. The van der Waals surface area contributed by atoms with Crippen molar-refractivity contribution in [3.05, 3.63) is 224 Å². The predicted molar refractivity (Wildman–Crippen MR) is 296 cm³/mol. The molecule has 0 amide bonds. The van der Waals surface area contributed by atoms with Crippen molar-refractivity contribution in [1.82, 2.24) is 9.13 Å². The highest BCUT2D eigenvalue weighted by Gasteiger charge is 2.42. The Kier molecular flexibility index (Phi) is 6.80. The smallest absolute Gasteiger partial charge is 0.252 e. The first-order valence-electron chi connectivity index (χ1n) is 24.2. The average molecular weight is 869 g/mol. The molecule has 0 fully saturated rings. The minimum atomic E-state index is -0.0365.